The van der Waals surface area contributed by atoms with Crippen molar-refractivity contribution in [1.29, 1.82) is 0 Å². The van der Waals surface area contributed by atoms with Crippen molar-refractivity contribution < 1.29 is 14.0 Å². The number of aryl methyl sites for hydroxylation is 1. The van der Waals surface area contributed by atoms with Crippen molar-refractivity contribution in [2.24, 2.45) is 0 Å². The highest BCUT2D eigenvalue weighted by Gasteiger charge is 2.28. The van der Waals surface area contributed by atoms with Crippen molar-refractivity contribution in [3.8, 4) is 0 Å². The number of halogens is 2. The number of nitrogens with one attached hydrogen (secondary N) is 1. The molecule has 0 aliphatic rings. The first-order chi connectivity index (χ1) is 14.9. The number of thioether (sulfide) groups is 1. The van der Waals surface area contributed by atoms with Crippen molar-refractivity contribution in [2.45, 2.75) is 52.0 Å². The van der Waals surface area contributed by atoms with Gasteiger partial charge in [-0.3, -0.25) is 9.59 Å². The highest BCUT2D eigenvalue weighted by Crippen LogP contribution is 2.25. The summed E-state index contributed by atoms with van der Waals surface area (Å²) in [6.07, 6.45) is 1.34. The predicted molar refractivity (Wildman–Crippen MR) is 127 cm³/mol. The lowest BCUT2D eigenvalue weighted by Crippen LogP contribution is -2.49. The van der Waals surface area contributed by atoms with Gasteiger partial charge in [0.1, 0.15) is 11.9 Å². The van der Waals surface area contributed by atoms with Crippen LogP contribution in [-0.4, -0.2) is 35.1 Å². The largest absolute Gasteiger partial charge is 0.354 e. The second-order valence-electron chi connectivity index (χ2n) is 7.36. The van der Waals surface area contributed by atoms with Gasteiger partial charge >= 0.3 is 0 Å². The molecule has 0 fully saturated rings. The molecule has 0 saturated carbocycles. The van der Waals surface area contributed by atoms with E-state index in [0.29, 0.717) is 30.1 Å². The first-order valence-corrected chi connectivity index (χ1v) is 12.0. The molecule has 7 heteroatoms. The fraction of sp³-hybridized carbons (Fsp3) is 0.417. The zero-order valence-corrected chi connectivity index (χ0v) is 19.9. The molecular weight excluding hydrogens is 435 g/mol. The molecule has 2 amide bonds. The second kappa shape index (κ2) is 12.7. The summed E-state index contributed by atoms with van der Waals surface area (Å²) >= 11 is 7.39. The topological polar surface area (TPSA) is 49.4 Å². The van der Waals surface area contributed by atoms with Gasteiger partial charge in [0, 0.05) is 29.4 Å². The van der Waals surface area contributed by atoms with Gasteiger partial charge in [0.25, 0.3) is 0 Å². The summed E-state index contributed by atoms with van der Waals surface area (Å²) in [6, 6.07) is 11.8. The first kappa shape index (κ1) is 25.2. The Kier molecular flexibility index (Phi) is 10.3. The fourth-order valence-corrected chi connectivity index (χ4v) is 4.50. The van der Waals surface area contributed by atoms with E-state index in [1.807, 2.05) is 45.0 Å². The smallest absolute Gasteiger partial charge is 0.242 e. The van der Waals surface area contributed by atoms with Crippen LogP contribution in [-0.2, 0) is 21.9 Å². The Hall–Kier alpha value is -2.05. The van der Waals surface area contributed by atoms with Gasteiger partial charge < -0.3 is 10.2 Å². The van der Waals surface area contributed by atoms with Gasteiger partial charge in [-0.1, -0.05) is 55.8 Å². The third-order valence-electron chi connectivity index (χ3n) is 5.07. The van der Waals surface area contributed by atoms with Crippen LogP contribution >= 0.6 is 23.4 Å². The van der Waals surface area contributed by atoms with Crippen molar-refractivity contribution in [3.05, 3.63) is 70.0 Å². The Labute approximate surface area is 193 Å². The molecule has 4 nitrogen and oxygen atoms in total. The minimum atomic E-state index is -0.559. The van der Waals surface area contributed by atoms with Crippen LogP contribution in [0, 0.1) is 12.7 Å². The van der Waals surface area contributed by atoms with Crippen LogP contribution in [0.3, 0.4) is 0 Å². The summed E-state index contributed by atoms with van der Waals surface area (Å²) in [4.78, 5) is 27.6. The zero-order valence-electron chi connectivity index (χ0n) is 18.3. The summed E-state index contributed by atoms with van der Waals surface area (Å²) in [6.45, 7) is 6.81. The van der Waals surface area contributed by atoms with Crippen molar-refractivity contribution in [2.75, 3.05) is 12.3 Å². The molecule has 2 rings (SSSR count). The Morgan fingerprint density at radius 2 is 1.90 bits per heavy atom. The minimum Gasteiger partial charge on any atom is -0.354 e. The molecule has 2 aromatic rings. The molecule has 168 valence electrons. The number of benzene rings is 2. The van der Waals surface area contributed by atoms with E-state index in [1.165, 1.54) is 17.8 Å². The molecular formula is C24H30ClFN2O2S. The van der Waals surface area contributed by atoms with E-state index in [1.54, 1.807) is 17.0 Å². The Balaban J connectivity index is 2.16. The quantitative estimate of drug-likeness (QED) is 0.487. The molecule has 0 spiro atoms. The van der Waals surface area contributed by atoms with Gasteiger partial charge in [0.05, 0.1) is 5.75 Å². The number of carbonyl (C=O) groups excluding carboxylic acids is 2. The fourth-order valence-electron chi connectivity index (χ4n) is 3.25. The molecule has 0 aliphatic carbocycles. The number of nitrogens with zero attached hydrogens (tertiary/aromatic N) is 1. The SMILES string of the molecule is CCCNC(=O)C(CC)N(Cc1ccccc1C)C(=O)CSCc1c(F)cccc1Cl. The predicted octanol–water partition coefficient (Wildman–Crippen LogP) is 5.35. The maximum absolute atomic E-state index is 14.0. The number of rotatable bonds is 11. The van der Waals surface area contributed by atoms with Gasteiger partial charge in [0.15, 0.2) is 0 Å². The summed E-state index contributed by atoms with van der Waals surface area (Å²) < 4.78 is 14.0. The summed E-state index contributed by atoms with van der Waals surface area (Å²) in [7, 11) is 0. The summed E-state index contributed by atoms with van der Waals surface area (Å²) in [5, 5.41) is 3.26. The van der Waals surface area contributed by atoms with Crippen LogP contribution in [0.2, 0.25) is 5.02 Å². The molecule has 0 heterocycles. The lowest BCUT2D eigenvalue weighted by molar-refractivity contribution is -0.139. The van der Waals surface area contributed by atoms with Gasteiger partial charge in [0.2, 0.25) is 11.8 Å². The molecule has 0 aliphatic heterocycles. The number of carbonyl (C=O) groups is 2. The van der Waals surface area contributed by atoms with E-state index in [4.69, 9.17) is 11.6 Å². The maximum Gasteiger partial charge on any atom is 0.242 e. The standard InChI is InChI=1S/C24H30ClFN2O2S/c1-4-13-27-24(30)22(5-2)28(14-18-10-7-6-9-17(18)3)23(29)16-31-15-19-20(25)11-8-12-21(19)26/h6-12,22H,4-5,13-16H2,1-3H3,(H,27,30). The summed E-state index contributed by atoms with van der Waals surface area (Å²) in [5.74, 6) is -0.259. The molecule has 1 unspecified atom stereocenters. The highest BCUT2D eigenvalue weighted by atomic mass is 35.5. The second-order valence-corrected chi connectivity index (χ2v) is 8.75. The van der Waals surface area contributed by atoms with Gasteiger partial charge in [-0.15, -0.1) is 11.8 Å². The maximum atomic E-state index is 14.0. The van der Waals surface area contributed by atoms with Crippen LogP contribution in [0.15, 0.2) is 42.5 Å². The van der Waals surface area contributed by atoms with Crippen molar-refractivity contribution in [1.82, 2.24) is 10.2 Å². The molecule has 0 bridgehead atoms. The van der Waals surface area contributed by atoms with Crippen LogP contribution in [0.1, 0.15) is 43.4 Å². The third-order valence-corrected chi connectivity index (χ3v) is 6.37. The van der Waals surface area contributed by atoms with E-state index in [-0.39, 0.29) is 29.1 Å². The Morgan fingerprint density at radius 1 is 1.16 bits per heavy atom. The van der Waals surface area contributed by atoms with Crippen LogP contribution in [0.4, 0.5) is 4.39 Å². The molecule has 2 aromatic carbocycles. The molecule has 0 radical (unpaired) electrons. The molecule has 31 heavy (non-hydrogen) atoms. The summed E-state index contributed by atoms with van der Waals surface area (Å²) in [5.41, 5.74) is 2.45. The first-order valence-electron chi connectivity index (χ1n) is 10.5. The lowest BCUT2D eigenvalue weighted by Gasteiger charge is -2.31. The van der Waals surface area contributed by atoms with Gasteiger partial charge in [-0.05, 0) is 43.0 Å². The molecule has 1 atom stereocenters. The van der Waals surface area contributed by atoms with E-state index in [9.17, 15) is 14.0 Å². The van der Waals surface area contributed by atoms with Crippen LogP contribution < -0.4 is 5.32 Å². The highest BCUT2D eigenvalue weighted by molar-refractivity contribution is 7.99. The monoisotopic (exact) mass is 464 g/mol. The van der Waals surface area contributed by atoms with E-state index >= 15 is 0 Å². The van der Waals surface area contributed by atoms with E-state index in [2.05, 4.69) is 5.32 Å². The average Bonchev–Trinajstić information content (AvgIpc) is 2.75. The van der Waals surface area contributed by atoms with E-state index < -0.39 is 6.04 Å². The molecule has 0 aromatic heterocycles. The van der Waals surface area contributed by atoms with Crippen LogP contribution in [0.25, 0.3) is 0 Å². The Bertz CT molecular complexity index is 873. The zero-order chi connectivity index (χ0) is 22.8. The molecule has 1 N–H and O–H groups in total. The number of hydrogen-bond donors (Lipinski definition) is 1. The van der Waals surface area contributed by atoms with E-state index in [0.717, 1.165) is 17.5 Å². The van der Waals surface area contributed by atoms with Gasteiger partial charge in [-0.25, -0.2) is 4.39 Å². The number of amides is 2. The third kappa shape index (κ3) is 7.25. The minimum absolute atomic E-state index is 0.133. The number of hydrogen-bond acceptors (Lipinski definition) is 3. The normalized spacial score (nSPS) is 11.8. The van der Waals surface area contributed by atoms with Crippen molar-refractivity contribution >= 4 is 35.2 Å². The lowest BCUT2D eigenvalue weighted by atomic mass is 10.1. The van der Waals surface area contributed by atoms with Crippen molar-refractivity contribution in [3.63, 3.8) is 0 Å². The van der Waals surface area contributed by atoms with Gasteiger partial charge in [-0.2, -0.15) is 0 Å². The van der Waals surface area contributed by atoms with Crippen LogP contribution in [0.5, 0.6) is 0 Å². The average molecular weight is 465 g/mol. The molecule has 0 saturated heterocycles. The Morgan fingerprint density at radius 3 is 2.55 bits per heavy atom.